The molecule has 0 amide bonds. The number of rotatable bonds is 2. The van der Waals surface area contributed by atoms with Crippen molar-refractivity contribution >= 4 is 28.6 Å². The van der Waals surface area contributed by atoms with Gasteiger partial charge >= 0.3 is 5.97 Å². The van der Waals surface area contributed by atoms with Crippen LogP contribution < -0.4 is 5.32 Å². The molecule has 1 aliphatic rings. The van der Waals surface area contributed by atoms with E-state index in [4.69, 9.17) is 5.11 Å². The number of thioether (sulfide) groups is 1. The lowest BCUT2D eigenvalue weighted by molar-refractivity contribution is -0.136. The molecule has 0 unspecified atom stereocenters. The van der Waals surface area contributed by atoms with Gasteiger partial charge in [-0.15, -0.1) is 11.8 Å². The standard InChI is InChI=1S/C13H14N2O2S/c1-7-11(8-4-2-3-5-9(8)15-7)12-14-6-10(18-12)13(16)17/h2-5,10,12,14-15H,6H2,1H3,(H,16,17)/t10-,12-/m0/s1. The Hall–Kier alpha value is -1.46. The molecule has 3 N–H and O–H groups in total. The van der Waals surface area contributed by atoms with E-state index in [0.717, 1.165) is 11.2 Å². The second-order valence-electron chi connectivity index (χ2n) is 4.46. The summed E-state index contributed by atoms with van der Waals surface area (Å²) in [5.74, 6) is -0.743. The first kappa shape index (κ1) is 11.6. The Morgan fingerprint density at radius 1 is 1.44 bits per heavy atom. The zero-order chi connectivity index (χ0) is 12.7. The summed E-state index contributed by atoms with van der Waals surface area (Å²) in [6.07, 6.45) is 0. The largest absolute Gasteiger partial charge is 0.480 e. The van der Waals surface area contributed by atoms with Crippen LogP contribution in [0.1, 0.15) is 16.6 Å². The summed E-state index contributed by atoms with van der Waals surface area (Å²) in [5, 5.41) is 13.2. The summed E-state index contributed by atoms with van der Waals surface area (Å²) in [6.45, 7) is 2.55. The van der Waals surface area contributed by atoms with Crippen molar-refractivity contribution in [1.29, 1.82) is 0 Å². The van der Waals surface area contributed by atoms with Crippen molar-refractivity contribution in [3.05, 3.63) is 35.5 Å². The van der Waals surface area contributed by atoms with Crippen molar-refractivity contribution in [1.82, 2.24) is 10.3 Å². The fraction of sp³-hybridized carbons (Fsp3) is 0.308. The molecule has 2 atom stereocenters. The Morgan fingerprint density at radius 3 is 2.94 bits per heavy atom. The molecule has 2 aromatic rings. The van der Waals surface area contributed by atoms with Crippen LogP contribution >= 0.6 is 11.8 Å². The van der Waals surface area contributed by atoms with Crippen LogP contribution in [0.15, 0.2) is 24.3 Å². The third-order valence-corrected chi connectivity index (χ3v) is 4.64. The Balaban J connectivity index is 2.00. The van der Waals surface area contributed by atoms with Gasteiger partial charge in [-0.2, -0.15) is 0 Å². The topological polar surface area (TPSA) is 65.1 Å². The smallest absolute Gasteiger partial charge is 0.318 e. The number of hydrogen-bond donors (Lipinski definition) is 3. The molecule has 18 heavy (non-hydrogen) atoms. The van der Waals surface area contributed by atoms with Crippen molar-refractivity contribution in [3.63, 3.8) is 0 Å². The second kappa shape index (κ2) is 4.33. The monoisotopic (exact) mass is 262 g/mol. The Bertz CT molecular complexity index is 608. The Morgan fingerprint density at radius 2 is 2.22 bits per heavy atom. The van der Waals surface area contributed by atoms with Crippen molar-refractivity contribution in [2.75, 3.05) is 6.54 Å². The molecule has 1 aliphatic heterocycles. The van der Waals surface area contributed by atoms with Crippen LogP contribution in [0.4, 0.5) is 0 Å². The van der Waals surface area contributed by atoms with Gasteiger partial charge in [-0.3, -0.25) is 10.1 Å². The molecule has 2 heterocycles. The molecule has 0 saturated carbocycles. The van der Waals surface area contributed by atoms with Gasteiger partial charge < -0.3 is 10.1 Å². The SMILES string of the molecule is Cc1[nH]c2ccccc2c1[C@H]1NC[C@@H](C(=O)O)S1. The number of carbonyl (C=O) groups is 1. The van der Waals surface area contributed by atoms with E-state index >= 15 is 0 Å². The first-order valence-corrected chi connectivity index (χ1v) is 6.80. The molecular weight excluding hydrogens is 248 g/mol. The minimum atomic E-state index is -0.743. The van der Waals surface area contributed by atoms with Gasteiger partial charge in [-0.25, -0.2) is 0 Å². The third kappa shape index (κ3) is 1.79. The number of aryl methyl sites for hydroxylation is 1. The highest BCUT2D eigenvalue weighted by Crippen LogP contribution is 2.39. The van der Waals surface area contributed by atoms with Gasteiger partial charge in [-0.05, 0) is 13.0 Å². The zero-order valence-electron chi connectivity index (χ0n) is 9.93. The maximum absolute atomic E-state index is 11.0. The van der Waals surface area contributed by atoms with Gasteiger partial charge in [0.2, 0.25) is 0 Å². The van der Waals surface area contributed by atoms with E-state index < -0.39 is 5.97 Å². The average Bonchev–Trinajstić information content (AvgIpc) is 2.91. The zero-order valence-corrected chi connectivity index (χ0v) is 10.8. The quantitative estimate of drug-likeness (QED) is 0.776. The van der Waals surface area contributed by atoms with E-state index in [-0.39, 0.29) is 10.6 Å². The first-order valence-electron chi connectivity index (χ1n) is 5.85. The predicted octanol–water partition coefficient (Wildman–Crippen LogP) is 2.26. The van der Waals surface area contributed by atoms with Crippen molar-refractivity contribution in [2.24, 2.45) is 0 Å². The number of aromatic nitrogens is 1. The lowest BCUT2D eigenvalue weighted by atomic mass is 10.1. The van der Waals surface area contributed by atoms with Gasteiger partial charge in [0, 0.05) is 28.7 Å². The van der Waals surface area contributed by atoms with E-state index in [1.54, 1.807) is 0 Å². The molecule has 3 rings (SSSR count). The summed E-state index contributed by atoms with van der Waals surface area (Å²) in [4.78, 5) is 14.3. The fourth-order valence-electron chi connectivity index (χ4n) is 2.43. The first-order chi connectivity index (χ1) is 8.66. The highest BCUT2D eigenvalue weighted by molar-refractivity contribution is 8.01. The maximum Gasteiger partial charge on any atom is 0.318 e. The summed E-state index contributed by atoms with van der Waals surface area (Å²) in [5.41, 5.74) is 3.39. The van der Waals surface area contributed by atoms with Gasteiger partial charge in [0.05, 0.1) is 5.37 Å². The van der Waals surface area contributed by atoms with Crippen molar-refractivity contribution in [2.45, 2.75) is 17.5 Å². The lowest BCUT2D eigenvalue weighted by Crippen LogP contribution is -2.21. The molecule has 94 valence electrons. The van der Waals surface area contributed by atoms with E-state index in [1.807, 2.05) is 25.1 Å². The number of hydrogen-bond acceptors (Lipinski definition) is 3. The third-order valence-electron chi connectivity index (χ3n) is 3.27. The number of benzene rings is 1. The van der Waals surface area contributed by atoms with Crippen molar-refractivity contribution in [3.8, 4) is 0 Å². The molecule has 0 spiro atoms. The minimum Gasteiger partial charge on any atom is -0.480 e. The molecular formula is C13H14N2O2S. The molecule has 1 aromatic heterocycles. The van der Waals surface area contributed by atoms with Gasteiger partial charge in [0.15, 0.2) is 0 Å². The molecule has 4 nitrogen and oxygen atoms in total. The number of fused-ring (bicyclic) bond motifs is 1. The number of H-pyrrole nitrogens is 1. The van der Waals surface area contributed by atoms with E-state index in [0.29, 0.717) is 6.54 Å². The molecule has 0 radical (unpaired) electrons. The molecule has 0 aliphatic carbocycles. The molecule has 5 heteroatoms. The van der Waals surface area contributed by atoms with Crippen LogP contribution in [0.5, 0.6) is 0 Å². The fourth-order valence-corrected chi connectivity index (χ4v) is 3.70. The summed E-state index contributed by atoms with van der Waals surface area (Å²) >= 11 is 1.47. The van der Waals surface area contributed by atoms with E-state index in [2.05, 4.69) is 16.4 Å². The normalized spacial score (nSPS) is 23.6. The molecule has 1 saturated heterocycles. The van der Waals surface area contributed by atoms with Crippen LogP contribution in [0.3, 0.4) is 0 Å². The van der Waals surface area contributed by atoms with Gasteiger partial charge in [0.1, 0.15) is 5.25 Å². The van der Waals surface area contributed by atoms with Crippen LogP contribution in [0, 0.1) is 6.92 Å². The van der Waals surface area contributed by atoms with Crippen LogP contribution in [0.25, 0.3) is 10.9 Å². The maximum atomic E-state index is 11.0. The molecule has 0 bridgehead atoms. The highest BCUT2D eigenvalue weighted by atomic mass is 32.2. The van der Waals surface area contributed by atoms with Crippen LogP contribution in [-0.4, -0.2) is 27.9 Å². The second-order valence-corrected chi connectivity index (χ2v) is 5.77. The predicted molar refractivity (Wildman–Crippen MR) is 72.8 cm³/mol. The summed E-state index contributed by atoms with van der Waals surface area (Å²) in [7, 11) is 0. The van der Waals surface area contributed by atoms with Crippen molar-refractivity contribution < 1.29 is 9.90 Å². The number of para-hydroxylation sites is 1. The van der Waals surface area contributed by atoms with Gasteiger partial charge in [0.25, 0.3) is 0 Å². The summed E-state index contributed by atoms with van der Waals surface area (Å²) in [6, 6.07) is 8.12. The highest BCUT2D eigenvalue weighted by Gasteiger charge is 2.32. The number of carboxylic acid groups (broad SMARTS) is 1. The molecule has 1 aromatic carbocycles. The Labute approximate surface area is 109 Å². The summed E-state index contributed by atoms with van der Waals surface area (Å²) < 4.78 is 0. The van der Waals surface area contributed by atoms with E-state index in [1.165, 1.54) is 22.7 Å². The lowest BCUT2D eigenvalue weighted by Gasteiger charge is -2.10. The molecule has 1 fully saturated rings. The Kier molecular flexibility index (Phi) is 2.80. The van der Waals surface area contributed by atoms with E-state index in [9.17, 15) is 4.79 Å². The number of carboxylic acids is 1. The van der Waals surface area contributed by atoms with Gasteiger partial charge in [-0.1, -0.05) is 18.2 Å². The number of nitrogens with one attached hydrogen (secondary N) is 2. The number of aromatic amines is 1. The minimum absolute atomic E-state index is 0.0576. The average molecular weight is 262 g/mol. The number of aliphatic carboxylic acids is 1. The van der Waals surface area contributed by atoms with Crippen LogP contribution in [0.2, 0.25) is 0 Å². The van der Waals surface area contributed by atoms with Crippen LogP contribution in [-0.2, 0) is 4.79 Å².